The van der Waals surface area contributed by atoms with Crippen molar-refractivity contribution in [1.29, 1.82) is 0 Å². The molecule has 19 heavy (non-hydrogen) atoms. The molecule has 0 bridgehead atoms. The van der Waals surface area contributed by atoms with Gasteiger partial charge in [-0.2, -0.15) is 0 Å². The van der Waals surface area contributed by atoms with Crippen LogP contribution in [0.25, 0.3) is 0 Å². The van der Waals surface area contributed by atoms with Gasteiger partial charge in [0, 0.05) is 5.92 Å². The quantitative estimate of drug-likeness (QED) is 0.686. The van der Waals surface area contributed by atoms with E-state index in [9.17, 15) is 9.90 Å². The molecule has 3 fully saturated rings. The Labute approximate surface area is 115 Å². The minimum atomic E-state index is -0.657. The van der Waals surface area contributed by atoms with Gasteiger partial charge >= 0.3 is 5.97 Å². The number of hydrogen-bond donors (Lipinski definition) is 1. The summed E-state index contributed by atoms with van der Waals surface area (Å²) in [5.74, 6) is 0.522. The van der Waals surface area contributed by atoms with E-state index in [-0.39, 0.29) is 22.7 Å². The van der Waals surface area contributed by atoms with Gasteiger partial charge in [0.1, 0.15) is 5.60 Å². The Morgan fingerprint density at radius 2 is 1.84 bits per heavy atom. The first-order valence-corrected chi connectivity index (χ1v) is 7.60. The topological polar surface area (TPSA) is 46.5 Å². The fourth-order valence-electron chi connectivity index (χ4n) is 5.54. The molecule has 0 radical (unpaired) electrons. The van der Waals surface area contributed by atoms with E-state index >= 15 is 0 Å². The first kappa shape index (κ1) is 13.4. The number of carbonyl (C=O) groups is 1. The van der Waals surface area contributed by atoms with Crippen LogP contribution in [-0.4, -0.2) is 22.8 Å². The van der Waals surface area contributed by atoms with E-state index in [4.69, 9.17) is 4.74 Å². The zero-order valence-electron chi connectivity index (χ0n) is 12.5. The minimum Gasteiger partial charge on any atom is -0.456 e. The molecule has 1 N–H and O–H groups in total. The zero-order chi connectivity index (χ0) is 14.1. The molecule has 108 valence electrons. The van der Waals surface area contributed by atoms with Crippen LogP contribution in [0, 0.1) is 22.7 Å². The second-order valence-corrected chi connectivity index (χ2v) is 8.07. The monoisotopic (exact) mass is 266 g/mol. The van der Waals surface area contributed by atoms with Crippen LogP contribution in [0.4, 0.5) is 0 Å². The molecule has 0 aromatic carbocycles. The van der Waals surface area contributed by atoms with Crippen molar-refractivity contribution in [3.05, 3.63) is 0 Å². The lowest BCUT2D eigenvalue weighted by Gasteiger charge is -2.60. The lowest BCUT2D eigenvalue weighted by Crippen LogP contribution is -2.61. The molecule has 0 amide bonds. The summed E-state index contributed by atoms with van der Waals surface area (Å²) in [6.45, 7) is 8.91. The maximum absolute atomic E-state index is 11.8. The lowest BCUT2D eigenvalue weighted by atomic mass is 9.45. The summed E-state index contributed by atoms with van der Waals surface area (Å²) in [6.07, 6.45) is 4.33. The highest BCUT2D eigenvalue weighted by Gasteiger charge is 2.66. The number of ether oxygens (including phenoxy) is 1. The van der Waals surface area contributed by atoms with Crippen LogP contribution in [0.3, 0.4) is 0 Å². The molecule has 3 aliphatic rings. The van der Waals surface area contributed by atoms with E-state index in [1.54, 1.807) is 0 Å². The van der Waals surface area contributed by atoms with Crippen molar-refractivity contribution in [1.82, 2.24) is 0 Å². The summed E-state index contributed by atoms with van der Waals surface area (Å²) in [4.78, 5) is 11.8. The highest BCUT2D eigenvalue weighted by molar-refractivity contribution is 5.73. The Morgan fingerprint density at radius 1 is 1.16 bits per heavy atom. The zero-order valence-corrected chi connectivity index (χ0v) is 12.5. The van der Waals surface area contributed by atoms with Crippen LogP contribution in [0.1, 0.15) is 59.8 Å². The van der Waals surface area contributed by atoms with Crippen molar-refractivity contribution in [3.8, 4) is 0 Å². The van der Waals surface area contributed by atoms with E-state index in [1.807, 2.05) is 6.92 Å². The van der Waals surface area contributed by atoms with Crippen molar-refractivity contribution >= 4 is 5.97 Å². The van der Waals surface area contributed by atoms with Crippen molar-refractivity contribution in [3.63, 3.8) is 0 Å². The Bertz CT molecular complexity index is 416. The minimum absolute atomic E-state index is 0.127. The van der Waals surface area contributed by atoms with Gasteiger partial charge in [-0.25, -0.2) is 0 Å². The van der Waals surface area contributed by atoms with Crippen LogP contribution in [0.2, 0.25) is 0 Å². The Hall–Kier alpha value is -0.570. The molecule has 0 unspecified atom stereocenters. The van der Waals surface area contributed by atoms with Crippen molar-refractivity contribution in [2.45, 2.75) is 71.5 Å². The number of hydrogen-bond acceptors (Lipinski definition) is 3. The van der Waals surface area contributed by atoms with Crippen LogP contribution in [0.5, 0.6) is 0 Å². The second kappa shape index (κ2) is 3.75. The fraction of sp³-hybridized carbons (Fsp3) is 0.938. The van der Waals surface area contributed by atoms with E-state index in [0.717, 1.165) is 12.8 Å². The van der Waals surface area contributed by atoms with Gasteiger partial charge in [-0.1, -0.05) is 27.2 Å². The van der Waals surface area contributed by atoms with E-state index < -0.39 is 11.7 Å². The van der Waals surface area contributed by atoms with E-state index in [2.05, 4.69) is 20.8 Å². The van der Waals surface area contributed by atoms with Gasteiger partial charge in [0.2, 0.25) is 0 Å². The Morgan fingerprint density at radius 3 is 2.53 bits per heavy atom. The Kier molecular flexibility index (Phi) is 2.65. The number of rotatable bonds is 0. The third kappa shape index (κ3) is 1.63. The highest BCUT2D eigenvalue weighted by atomic mass is 16.6. The molecule has 3 rings (SSSR count). The smallest absolute Gasteiger partial charge is 0.306 e. The number of aliphatic hydroxyl groups is 1. The molecular weight excluding hydrogens is 240 g/mol. The number of esters is 1. The van der Waals surface area contributed by atoms with Gasteiger partial charge in [-0.05, 0) is 42.9 Å². The van der Waals surface area contributed by atoms with Crippen molar-refractivity contribution in [2.24, 2.45) is 22.7 Å². The summed E-state index contributed by atoms with van der Waals surface area (Å²) in [6, 6.07) is 0. The predicted octanol–water partition coefficient (Wildman–Crippen LogP) is 2.91. The maximum atomic E-state index is 11.8. The molecule has 1 saturated heterocycles. The summed E-state index contributed by atoms with van der Waals surface area (Å²) in [5.41, 5.74) is -0.279. The first-order valence-electron chi connectivity index (χ1n) is 7.60. The van der Waals surface area contributed by atoms with Crippen LogP contribution in [-0.2, 0) is 9.53 Å². The predicted molar refractivity (Wildman–Crippen MR) is 72.5 cm³/mol. The number of fused-ring (bicyclic) bond motifs is 3. The second-order valence-electron chi connectivity index (χ2n) is 8.07. The maximum Gasteiger partial charge on any atom is 0.306 e. The molecule has 1 aliphatic heterocycles. The molecule has 2 saturated carbocycles. The summed E-state index contributed by atoms with van der Waals surface area (Å²) in [7, 11) is 0. The van der Waals surface area contributed by atoms with Gasteiger partial charge < -0.3 is 9.84 Å². The van der Waals surface area contributed by atoms with Crippen LogP contribution >= 0.6 is 0 Å². The third-order valence-corrected chi connectivity index (χ3v) is 6.59. The fourth-order valence-corrected chi connectivity index (χ4v) is 5.54. The Balaban J connectivity index is 2.05. The average Bonchev–Trinajstić information content (AvgIpc) is 2.60. The molecule has 1 heterocycles. The molecular formula is C16H26O3. The molecule has 0 aromatic heterocycles. The first-order chi connectivity index (χ1) is 8.70. The molecule has 2 aliphatic carbocycles. The highest BCUT2D eigenvalue weighted by Crippen LogP contribution is 2.64. The van der Waals surface area contributed by atoms with Gasteiger partial charge in [0.05, 0.1) is 12.5 Å². The molecule has 3 nitrogen and oxygen atoms in total. The van der Waals surface area contributed by atoms with Crippen molar-refractivity contribution < 1.29 is 14.6 Å². The standard InChI is InChI=1S/C16H26O3/c1-14(2)6-5-7-15(3)10(14)8-12(17)16(4)11(15)9-13(18)19-16/h10-12,17H,5-9H2,1-4H3/t10-,11+,12+,15-,16-/m0/s1. The molecule has 5 atom stereocenters. The molecule has 3 heteroatoms. The van der Waals surface area contributed by atoms with Gasteiger partial charge in [-0.3, -0.25) is 4.79 Å². The molecule has 0 aromatic rings. The summed E-state index contributed by atoms with van der Waals surface area (Å²) in [5, 5.41) is 10.6. The largest absolute Gasteiger partial charge is 0.456 e. The molecule has 0 spiro atoms. The van der Waals surface area contributed by atoms with Gasteiger partial charge in [0.15, 0.2) is 0 Å². The van der Waals surface area contributed by atoms with Gasteiger partial charge in [0.25, 0.3) is 0 Å². The average molecular weight is 266 g/mol. The third-order valence-electron chi connectivity index (χ3n) is 6.59. The normalized spacial score (nSPS) is 52.3. The van der Waals surface area contributed by atoms with E-state index in [1.165, 1.54) is 12.8 Å². The summed E-state index contributed by atoms with van der Waals surface area (Å²) < 4.78 is 5.56. The lowest BCUT2D eigenvalue weighted by molar-refractivity contribution is -0.204. The van der Waals surface area contributed by atoms with E-state index in [0.29, 0.717) is 12.3 Å². The van der Waals surface area contributed by atoms with Gasteiger partial charge in [-0.15, -0.1) is 0 Å². The van der Waals surface area contributed by atoms with Crippen LogP contribution in [0.15, 0.2) is 0 Å². The number of aliphatic hydroxyl groups excluding tert-OH is 1. The summed E-state index contributed by atoms with van der Waals surface area (Å²) >= 11 is 0. The SMILES string of the molecule is CC1(C)CCC[C@]2(C)[C@H]3CC(=O)O[C@]3(C)[C@H](O)C[C@@H]12. The van der Waals surface area contributed by atoms with Crippen LogP contribution < -0.4 is 0 Å². The van der Waals surface area contributed by atoms with Crippen molar-refractivity contribution in [2.75, 3.05) is 0 Å². The number of carbonyl (C=O) groups excluding carboxylic acids is 1.